The van der Waals surface area contributed by atoms with Crippen molar-refractivity contribution >= 4 is 17.6 Å². The predicted molar refractivity (Wildman–Crippen MR) is 123 cm³/mol. The number of para-hydroxylation sites is 1. The summed E-state index contributed by atoms with van der Waals surface area (Å²) in [7, 11) is 0. The van der Waals surface area contributed by atoms with Crippen LogP contribution in [0.3, 0.4) is 0 Å². The van der Waals surface area contributed by atoms with E-state index >= 15 is 0 Å². The Labute approximate surface area is 187 Å². The van der Waals surface area contributed by atoms with Crippen LogP contribution in [0.25, 0.3) is 0 Å². The van der Waals surface area contributed by atoms with E-state index in [-0.39, 0.29) is 18.4 Å². The summed E-state index contributed by atoms with van der Waals surface area (Å²) < 4.78 is 0. The van der Waals surface area contributed by atoms with Crippen LogP contribution in [0.1, 0.15) is 22.9 Å². The molecule has 32 heavy (non-hydrogen) atoms. The second-order valence-electron chi connectivity index (χ2n) is 7.67. The Hall–Kier alpha value is -4.12. The molecular weight excluding hydrogens is 402 g/mol. The molecule has 1 aliphatic heterocycles. The van der Waals surface area contributed by atoms with E-state index in [1.165, 1.54) is 0 Å². The normalized spacial score (nSPS) is 16.5. The van der Waals surface area contributed by atoms with Gasteiger partial charge in [0.05, 0.1) is 24.5 Å². The fourth-order valence-corrected chi connectivity index (χ4v) is 3.94. The van der Waals surface area contributed by atoms with E-state index in [0.717, 1.165) is 22.5 Å². The molecule has 162 valence electrons. The number of hydrogen-bond acceptors (Lipinski definition) is 4. The van der Waals surface area contributed by atoms with Gasteiger partial charge >= 0.3 is 0 Å². The Morgan fingerprint density at radius 1 is 1.22 bits per heavy atom. The molecular formula is C24H25N7O. The number of anilines is 1. The van der Waals surface area contributed by atoms with Crippen molar-refractivity contribution in [3.05, 3.63) is 83.9 Å². The summed E-state index contributed by atoms with van der Waals surface area (Å²) in [4.78, 5) is 28.2. The van der Waals surface area contributed by atoms with Crippen molar-refractivity contribution < 1.29 is 4.79 Å². The fourth-order valence-electron chi connectivity index (χ4n) is 3.94. The van der Waals surface area contributed by atoms with Crippen molar-refractivity contribution in [2.75, 3.05) is 25.0 Å². The van der Waals surface area contributed by atoms with Crippen molar-refractivity contribution in [3.8, 4) is 6.19 Å². The highest BCUT2D eigenvalue weighted by Gasteiger charge is 2.33. The van der Waals surface area contributed by atoms with Crippen LogP contribution in [0.2, 0.25) is 0 Å². The van der Waals surface area contributed by atoms with Crippen LogP contribution in [0.4, 0.5) is 5.69 Å². The number of nitriles is 1. The molecule has 0 radical (unpaired) electrons. The van der Waals surface area contributed by atoms with Gasteiger partial charge in [0.2, 0.25) is 18.1 Å². The number of amides is 1. The van der Waals surface area contributed by atoms with Gasteiger partial charge in [-0.3, -0.25) is 4.79 Å². The summed E-state index contributed by atoms with van der Waals surface area (Å²) in [5.41, 5.74) is 3.72. The number of rotatable bonds is 4. The maximum absolute atomic E-state index is 13.1. The number of aryl methyl sites for hydroxylation is 1. The lowest BCUT2D eigenvalue weighted by Gasteiger charge is -2.42. The number of carbonyl (C=O) groups excluding carboxylic acids is 1. The zero-order chi connectivity index (χ0) is 22.3. The molecule has 4 rings (SSSR count). The number of imidazole rings is 1. The largest absolute Gasteiger partial charge is 0.351 e. The lowest BCUT2D eigenvalue weighted by atomic mass is 10.0. The number of nitrogens with one attached hydrogen (secondary N) is 2. The Balaban J connectivity index is 1.58. The highest BCUT2D eigenvalue weighted by molar-refractivity contribution is 5.95. The van der Waals surface area contributed by atoms with Crippen LogP contribution >= 0.6 is 0 Å². The first kappa shape index (κ1) is 21.1. The minimum absolute atomic E-state index is 0.0243. The van der Waals surface area contributed by atoms with Crippen LogP contribution in [-0.2, 0) is 11.2 Å². The third kappa shape index (κ3) is 4.78. The topological polar surface area (TPSA) is 100 Å². The maximum Gasteiger partial charge on any atom is 0.229 e. The van der Waals surface area contributed by atoms with Gasteiger partial charge in [0.25, 0.3) is 0 Å². The smallest absolute Gasteiger partial charge is 0.229 e. The van der Waals surface area contributed by atoms with E-state index in [9.17, 15) is 10.1 Å². The molecule has 1 amide bonds. The molecule has 0 aliphatic carbocycles. The summed E-state index contributed by atoms with van der Waals surface area (Å²) in [6.07, 6.45) is 5.48. The van der Waals surface area contributed by atoms with E-state index in [2.05, 4.69) is 20.3 Å². The molecule has 1 unspecified atom stereocenters. The third-order valence-electron chi connectivity index (χ3n) is 5.62. The van der Waals surface area contributed by atoms with E-state index < -0.39 is 0 Å². The van der Waals surface area contributed by atoms with Gasteiger partial charge in [-0.1, -0.05) is 48.5 Å². The van der Waals surface area contributed by atoms with Crippen LogP contribution in [0, 0.1) is 18.4 Å². The zero-order valence-electron chi connectivity index (χ0n) is 17.9. The van der Waals surface area contributed by atoms with Gasteiger partial charge in [0.15, 0.2) is 0 Å². The van der Waals surface area contributed by atoms with Crippen molar-refractivity contribution in [2.24, 2.45) is 4.99 Å². The molecule has 8 heteroatoms. The standard InChI is InChI=1S/C24H25N7O/c1-18-7-5-6-10-21(18)29-24(27-16-25)30-11-12-31(23(32)13-20-14-26-17-28-20)22(15-30)19-8-3-2-4-9-19/h2-10,14,17,22H,11-13,15H2,1H3,(H,26,28)(H,27,29). The first-order valence-corrected chi connectivity index (χ1v) is 10.5. The molecule has 0 bridgehead atoms. The molecule has 2 heterocycles. The van der Waals surface area contributed by atoms with E-state index in [1.54, 1.807) is 12.5 Å². The second-order valence-corrected chi connectivity index (χ2v) is 7.67. The molecule has 1 saturated heterocycles. The molecule has 1 atom stereocenters. The van der Waals surface area contributed by atoms with Gasteiger partial charge in [-0.05, 0) is 24.1 Å². The minimum atomic E-state index is -0.168. The quantitative estimate of drug-likeness (QED) is 0.379. The Bertz CT molecular complexity index is 1120. The minimum Gasteiger partial charge on any atom is -0.351 e. The summed E-state index contributed by atoms with van der Waals surface area (Å²) in [6, 6.07) is 17.7. The first-order chi connectivity index (χ1) is 15.7. The zero-order valence-corrected chi connectivity index (χ0v) is 17.9. The average Bonchev–Trinajstić information content (AvgIpc) is 3.33. The molecule has 1 aromatic heterocycles. The lowest BCUT2D eigenvalue weighted by molar-refractivity contribution is -0.135. The fraction of sp³-hybridized carbons (Fsp3) is 0.250. The predicted octanol–water partition coefficient (Wildman–Crippen LogP) is 3.10. The number of benzene rings is 2. The number of H-pyrrole nitrogens is 1. The van der Waals surface area contributed by atoms with E-state index in [0.29, 0.717) is 25.6 Å². The third-order valence-corrected chi connectivity index (χ3v) is 5.62. The Morgan fingerprint density at radius 2 is 2.00 bits per heavy atom. The number of nitrogens with zero attached hydrogens (tertiary/aromatic N) is 5. The van der Waals surface area contributed by atoms with Gasteiger partial charge in [-0.15, -0.1) is 4.99 Å². The Morgan fingerprint density at radius 3 is 2.72 bits per heavy atom. The van der Waals surface area contributed by atoms with Crippen LogP contribution in [0.15, 0.2) is 72.1 Å². The summed E-state index contributed by atoms with van der Waals surface area (Å²) >= 11 is 0. The van der Waals surface area contributed by atoms with Crippen LogP contribution in [-0.4, -0.2) is 51.3 Å². The molecule has 3 aromatic rings. The van der Waals surface area contributed by atoms with Gasteiger partial charge in [-0.2, -0.15) is 5.26 Å². The summed E-state index contributed by atoms with van der Waals surface area (Å²) in [6.45, 7) is 3.61. The molecule has 2 aromatic carbocycles. The molecule has 1 aliphatic rings. The van der Waals surface area contributed by atoms with Crippen molar-refractivity contribution in [1.82, 2.24) is 19.8 Å². The number of hydrogen-bond donors (Lipinski definition) is 2. The molecule has 0 spiro atoms. The number of carbonyl (C=O) groups is 1. The molecule has 1 fully saturated rings. The number of piperazine rings is 1. The SMILES string of the molecule is Cc1ccccc1N/C(=N/C#N)N1CCN(C(=O)Cc2c[nH]cn2)C(c2ccccc2)C1. The van der Waals surface area contributed by atoms with Gasteiger partial charge < -0.3 is 20.1 Å². The van der Waals surface area contributed by atoms with Crippen molar-refractivity contribution in [1.29, 1.82) is 5.26 Å². The van der Waals surface area contributed by atoms with Crippen LogP contribution < -0.4 is 5.32 Å². The van der Waals surface area contributed by atoms with Gasteiger partial charge in [0.1, 0.15) is 0 Å². The van der Waals surface area contributed by atoms with Gasteiger partial charge in [-0.25, -0.2) is 4.98 Å². The highest BCUT2D eigenvalue weighted by atomic mass is 16.2. The molecule has 0 saturated carbocycles. The van der Waals surface area contributed by atoms with Crippen molar-refractivity contribution in [3.63, 3.8) is 0 Å². The first-order valence-electron chi connectivity index (χ1n) is 10.5. The average molecular weight is 428 g/mol. The van der Waals surface area contributed by atoms with E-state index in [4.69, 9.17) is 0 Å². The molecule has 2 N–H and O–H groups in total. The summed E-state index contributed by atoms with van der Waals surface area (Å²) in [5, 5.41) is 12.6. The highest BCUT2D eigenvalue weighted by Crippen LogP contribution is 2.27. The molecule has 8 nitrogen and oxygen atoms in total. The maximum atomic E-state index is 13.1. The summed E-state index contributed by atoms with van der Waals surface area (Å²) in [5.74, 6) is 0.512. The van der Waals surface area contributed by atoms with E-state index in [1.807, 2.05) is 77.5 Å². The number of aromatic nitrogens is 2. The van der Waals surface area contributed by atoms with Gasteiger partial charge in [0, 0.05) is 31.5 Å². The number of aliphatic imine (C=N–C) groups is 1. The lowest BCUT2D eigenvalue weighted by Crippen LogP contribution is -2.54. The number of aromatic amines is 1. The van der Waals surface area contributed by atoms with Crippen LogP contribution in [0.5, 0.6) is 0 Å². The van der Waals surface area contributed by atoms with Crippen molar-refractivity contribution in [2.45, 2.75) is 19.4 Å². The second kappa shape index (κ2) is 9.79. The number of guanidine groups is 1. The Kier molecular flexibility index (Phi) is 6.46. The monoisotopic (exact) mass is 427 g/mol.